The van der Waals surface area contributed by atoms with Crippen molar-refractivity contribution in [2.75, 3.05) is 20.4 Å². The standard InChI is InChI=1S/C15H22N2O2/c1-10-6-13(8-17(10)3)16-11(2)12-4-5-14-15(7-12)19-9-18-14/h4-5,7,10-11,13,16H,6,8-9H2,1-3H3. The predicted molar refractivity (Wildman–Crippen MR) is 74.6 cm³/mol. The molecule has 0 radical (unpaired) electrons. The summed E-state index contributed by atoms with van der Waals surface area (Å²) in [4.78, 5) is 2.41. The third-order valence-corrected chi connectivity index (χ3v) is 4.27. The molecule has 4 heteroatoms. The third-order valence-electron chi connectivity index (χ3n) is 4.27. The van der Waals surface area contributed by atoms with Crippen molar-refractivity contribution in [2.24, 2.45) is 0 Å². The summed E-state index contributed by atoms with van der Waals surface area (Å²) in [5.74, 6) is 1.72. The monoisotopic (exact) mass is 262 g/mol. The number of benzene rings is 1. The van der Waals surface area contributed by atoms with Crippen LogP contribution < -0.4 is 14.8 Å². The van der Waals surface area contributed by atoms with E-state index in [1.165, 1.54) is 12.0 Å². The minimum atomic E-state index is 0.332. The molecule has 3 atom stereocenters. The van der Waals surface area contributed by atoms with E-state index in [2.05, 4.69) is 43.2 Å². The maximum Gasteiger partial charge on any atom is 0.231 e. The van der Waals surface area contributed by atoms with Crippen molar-refractivity contribution in [3.05, 3.63) is 23.8 Å². The summed E-state index contributed by atoms with van der Waals surface area (Å²) in [7, 11) is 2.19. The molecule has 1 aromatic rings. The summed E-state index contributed by atoms with van der Waals surface area (Å²) < 4.78 is 10.8. The van der Waals surface area contributed by atoms with Gasteiger partial charge in [-0.25, -0.2) is 0 Å². The molecule has 4 nitrogen and oxygen atoms in total. The van der Waals surface area contributed by atoms with Gasteiger partial charge in [-0.05, 0) is 45.0 Å². The molecular formula is C15H22N2O2. The minimum Gasteiger partial charge on any atom is -0.454 e. The number of nitrogens with one attached hydrogen (secondary N) is 1. The number of fused-ring (bicyclic) bond motifs is 1. The van der Waals surface area contributed by atoms with Crippen LogP contribution in [0.1, 0.15) is 31.9 Å². The van der Waals surface area contributed by atoms with E-state index in [-0.39, 0.29) is 0 Å². The first-order chi connectivity index (χ1) is 9.13. The van der Waals surface area contributed by atoms with Crippen LogP contribution in [0.15, 0.2) is 18.2 Å². The SMILES string of the molecule is CC(NC1CC(C)N(C)C1)c1ccc2c(c1)OCO2. The van der Waals surface area contributed by atoms with E-state index >= 15 is 0 Å². The molecule has 1 saturated heterocycles. The van der Waals surface area contributed by atoms with E-state index < -0.39 is 0 Å². The third kappa shape index (κ3) is 2.55. The van der Waals surface area contributed by atoms with Crippen LogP contribution in [0.4, 0.5) is 0 Å². The van der Waals surface area contributed by atoms with Gasteiger partial charge in [0.15, 0.2) is 11.5 Å². The van der Waals surface area contributed by atoms with E-state index in [9.17, 15) is 0 Å². The van der Waals surface area contributed by atoms with Gasteiger partial charge in [-0.3, -0.25) is 0 Å². The number of likely N-dealkylation sites (N-methyl/N-ethyl adjacent to an activating group) is 1. The van der Waals surface area contributed by atoms with E-state index in [0.29, 0.717) is 24.9 Å². The van der Waals surface area contributed by atoms with Crippen LogP contribution in [0, 0.1) is 0 Å². The lowest BCUT2D eigenvalue weighted by Gasteiger charge is -2.20. The second kappa shape index (κ2) is 5.02. The first-order valence-electron chi connectivity index (χ1n) is 6.99. The fourth-order valence-corrected chi connectivity index (χ4v) is 2.95. The summed E-state index contributed by atoms with van der Waals surface area (Å²) >= 11 is 0. The van der Waals surface area contributed by atoms with Crippen molar-refractivity contribution < 1.29 is 9.47 Å². The average Bonchev–Trinajstić information content (AvgIpc) is 2.96. The van der Waals surface area contributed by atoms with Crippen LogP contribution in [0.5, 0.6) is 11.5 Å². The summed E-state index contributed by atoms with van der Waals surface area (Å²) in [5, 5.41) is 3.71. The molecule has 2 aliphatic rings. The lowest BCUT2D eigenvalue weighted by molar-refractivity contribution is 0.174. The van der Waals surface area contributed by atoms with E-state index in [0.717, 1.165) is 18.0 Å². The number of hydrogen-bond donors (Lipinski definition) is 1. The van der Waals surface area contributed by atoms with Crippen LogP contribution in [-0.2, 0) is 0 Å². The molecule has 1 aromatic carbocycles. The van der Waals surface area contributed by atoms with E-state index in [1.807, 2.05) is 6.07 Å². The van der Waals surface area contributed by atoms with E-state index in [4.69, 9.17) is 9.47 Å². The zero-order valence-electron chi connectivity index (χ0n) is 11.8. The van der Waals surface area contributed by atoms with Gasteiger partial charge in [0.1, 0.15) is 0 Å². The molecule has 0 aromatic heterocycles. The summed E-state index contributed by atoms with van der Waals surface area (Å²) in [6.45, 7) is 5.95. The molecule has 0 saturated carbocycles. The van der Waals surface area contributed by atoms with Crippen LogP contribution >= 0.6 is 0 Å². The van der Waals surface area contributed by atoms with Gasteiger partial charge in [-0.1, -0.05) is 6.07 Å². The first-order valence-corrected chi connectivity index (χ1v) is 6.99. The van der Waals surface area contributed by atoms with Crippen molar-refractivity contribution in [2.45, 2.75) is 38.4 Å². The fourth-order valence-electron chi connectivity index (χ4n) is 2.95. The van der Waals surface area contributed by atoms with Crippen molar-refractivity contribution >= 4 is 0 Å². The van der Waals surface area contributed by atoms with Gasteiger partial charge in [0.05, 0.1) is 0 Å². The van der Waals surface area contributed by atoms with Crippen molar-refractivity contribution in [1.82, 2.24) is 10.2 Å². The lowest BCUT2D eigenvalue weighted by atomic mass is 10.1. The van der Waals surface area contributed by atoms with Gasteiger partial charge in [0, 0.05) is 24.7 Å². The van der Waals surface area contributed by atoms with Crippen LogP contribution in [0.3, 0.4) is 0 Å². The Morgan fingerprint density at radius 2 is 2.11 bits per heavy atom. The first kappa shape index (κ1) is 12.8. The predicted octanol–water partition coefficient (Wildman–Crippen LogP) is 2.16. The highest BCUT2D eigenvalue weighted by Gasteiger charge is 2.27. The Morgan fingerprint density at radius 3 is 2.84 bits per heavy atom. The molecule has 3 rings (SSSR count). The second-order valence-corrected chi connectivity index (χ2v) is 5.72. The quantitative estimate of drug-likeness (QED) is 0.905. The molecule has 0 bridgehead atoms. The van der Waals surface area contributed by atoms with E-state index in [1.54, 1.807) is 0 Å². The fraction of sp³-hybridized carbons (Fsp3) is 0.600. The molecule has 2 heterocycles. The van der Waals surface area contributed by atoms with Gasteiger partial charge >= 0.3 is 0 Å². The van der Waals surface area contributed by atoms with Crippen LogP contribution in [-0.4, -0.2) is 37.4 Å². The highest BCUT2D eigenvalue weighted by Crippen LogP contribution is 2.34. The maximum atomic E-state index is 5.44. The summed E-state index contributed by atoms with van der Waals surface area (Å²) in [6, 6.07) is 7.77. The Labute approximate surface area is 114 Å². The van der Waals surface area contributed by atoms with Crippen molar-refractivity contribution in [3.63, 3.8) is 0 Å². The van der Waals surface area contributed by atoms with Gasteiger partial charge in [0.25, 0.3) is 0 Å². The number of ether oxygens (including phenoxy) is 2. The summed E-state index contributed by atoms with van der Waals surface area (Å²) in [5.41, 5.74) is 1.26. The Kier molecular flexibility index (Phi) is 3.37. The number of nitrogens with zero attached hydrogens (tertiary/aromatic N) is 1. The van der Waals surface area contributed by atoms with Crippen molar-refractivity contribution in [3.8, 4) is 11.5 Å². The van der Waals surface area contributed by atoms with Gasteiger partial charge in [-0.2, -0.15) is 0 Å². The molecule has 1 fully saturated rings. The Bertz CT molecular complexity index is 453. The highest BCUT2D eigenvalue weighted by atomic mass is 16.7. The van der Waals surface area contributed by atoms with Crippen molar-refractivity contribution in [1.29, 1.82) is 0 Å². The average molecular weight is 262 g/mol. The summed E-state index contributed by atoms with van der Waals surface area (Å²) in [6.07, 6.45) is 1.21. The molecule has 1 N–H and O–H groups in total. The lowest BCUT2D eigenvalue weighted by Crippen LogP contribution is -2.33. The maximum absolute atomic E-state index is 5.44. The molecule has 104 valence electrons. The highest BCUT2D eigenvalue weighted by molar-refractivity contribution is 5.45. The topological polar surface area (TPSA) is 33.7 Å². The Morgan fingerprint density at radius 1 is 1.32 bits per heavy atom. The second-order valence-electron chi connectivity index (χ2n) is 5.72. The molecule has 2 aliphatic heterocycles. The van der Waals surface area contributed by atoms with Crippen LogP contribution in [0.25, 0.3) is 0 Å². The number of hydrogen-bond acceptors (Lipinski definition) is 4. The normalized spacial score (nSPS) is 27.7. The molecular weight excluding hydrogens is 240 g/mol. The van der Waals surface area contributed by atoms with Gasteiger partial charge in [-0.15, -0.1) is 0 Å². The Balaban J connectivity index is 1.66. The van der Waals surface area contributed by atoms with Crippen LogP contribution in [0.2, 0.25) is 0 Å². The molecule has 0 spiro atoms. The minimum absolute atomic E-state index is 0.332. The smallest absolute Gasteiger partial charge is 0.231 e. The number of rotatable bonds is 3. The van der Waals surface area contributed by atoms with Gasteiger partial charge in [0.2, 0.25) is 6.79 Å². The zero-order valence-corrected chi connectivity index (χ0v) is 11.8. The molecule has 3 unspecified atom stereocenters. The van der Waals surface area contributed by atoms with Gasteiger partial charge < -0.3 is 19.7 Å². The zero-order chi connectivity index (χ0) is 13.4. The molecule has 0 aliphatic carbocycles. The Hall–Kier alpha value is -1.26. The largest absolute Gasteiger partial charge is 0.454 e. The molecule has 0 amide bonds. The number of likely N-dealkylation sites (tertiary alicyclic amines) is 1. The molecule has 19 heavy (non-hydrogen) atoms.